The monoisotopic (exact) mass is 243 g/mol. The third-order valence-electron chi connectivity index (χ3n) is 3.09. The summed E-state index contributed by atoms with van der Waals surface area (Å²) >= 11 is 0. The van der Waals surface area contributed by atoms with E-state index in [0.717, 1.165) is 11.3 Å². The van der Waals surface area contributed by atoms with Gasteiger partial charge in [0, 0.05) is 18.7 Å². The molecule has 2 N–H and O–H groups in total. The zero-order valence-electron chi connectivity index (χ0n) is 10.7. The zero-order chi connectivity index (χ0) is 13.2. The molecule has 0 bridgehead atoms. The van der Waals surface area contributed by atoms with Crippen LogP contribution in [0.25, 0.3) is 0 Å². The van der Waals surface area contributed by atoms with Gasteiger partial charge < -0.3 is 10.6 Å². The van der Waals surface area contributed by atoms with E-state index in [4.69, 9.17) is 5.26 Å². The van der Waals surface area contributed by atoms with Gasteiger partial charge in [-0.1, -0.05) is 18.2 Å². The second kappa shape index (κ2) is 4.69. The van der Waals surface area contributed by atoms with Gasteiger partial charge in [-0.15, -0.1) is 0 Å². The fourth-order valence-electron chi connectivity index (χ4n) is 1.93. The van der Waals surface area contributed by atoms with E-state index in [0.29, 0.717) is 13.0 Å². The van der Waals surface area contributed by atoms with Crippen LogP contribution in [0.1, 0.15) is 19.4 Å². The molecule has 0 saturated heterocycles. The summed E-state index contributed by atoms with van der Waals surface area (Å²) in [6.07, 6.45) is 0.703. The molecule has 1 aliphatic heterocycles. The number of carbonyl (C=O) groups is 1. The maximum absolute atomic E-state index is 12.0. The maximum atomic E-state index is 12.0. The van der Waals surface area contributed by atoms with E-state index < -0.39 is 5.41 Å². The molecule has 0 radical (unpaired) electrons. The highest BCUT2D eigenvalue weighted by molar-refractivity contribution is 5.87. The van der Waals surface area contributed by atoms with E-state index in [1.54, 1.807) is 0 Å². The number of nitrogens with one attached hydrogen (secondary N) is 2. The van der Waals surface area contributed by atoms with Crippen molar-refractivity contribution in [2.45, 2.75) is 26.3 Å². The number of hydrogen-bond acceptors (Lipinski definition) is 3. The summed E-state index contributed by atoms with van der Waals surface area (Å²) in [4.78, 5) is 12.0. The molecule has 1 atom stereocenters. The summed E-state index contributed by atoms with van der Waals surface area (Å²) in [6, 6.07) is 9.86. The van der Waals surface area contributed by atoms with Gasteiger partial charge in [-0.05, 0) is 25.5 Å². The molecular weight excluding hydrogens is 226 g/mol. The van der Waals surface area contributed by atoms with E-state index >= 15 is 0 Å². The van der Waals surface area contributed by atoms with E-state index in [1.807, 2.05) is 38.1 Å². The second-order valence-electron chi connectivity index (χ2n) is 5.27. The van der Waals surface area contributed by atoms with Crippen molar-refractivity contribution in [3.05, 3.63) is 29.8 Å². The van der Waals surface area contributed by atoms with Crippen molar-refractivity contribution in [1.29, 1.82) is 5.26 Å². The van der Waals surface area contributed by atoms with Crippen LogP contribution in [0, 0.1) is 16.7 Å². The zero-order valence-corrected chi connectivity index (χ0v) is 10.7. The van der Waals surface area contributed by atoms with Crippen LogP contribution in [0.5, 0.6) is 0 Å². The van der Waals surface area contributed by atoms with Crippen molar-refractivity contribution in [3.63, 3.8) is 0 Å². The normalized spacial score (nSPS) is 17.5. The van der Waals surface area contributed by atoms with Crippen LogP contribution in [0.3, 0.4) is 0 Å². The van der Waals surface area contributed by atoms with Crippen LogP contribution in [-0.2, 0) is 11.2 Å². The number of hydrogen-bond donors (Lipinski definition) is 2. The molecule has 0 fully saturated rings. The van der Waals surface area contributed by atoms with Crippen molar-refractivity contribution in [2.24, 2.45) is 5.41 Å². The van der Waals surface area contributed by atoms with Gasteiger partial charge in [-0.3, -0.25) is 4.79 Å². The first-order valence-electron chi connectivity index (χ1n) is 6.05. The predicted molar refractivity (Wildman–Crippen MR) is 70.0 cm³/mol. The van der Waals surface area contributed by atoms with E-state index in [-0.39, 0.29) is 11.9 Å². The molecular formula is C14H17N3O. The van der Waals surface area contributed by atoms with Gasteiger partial charge >= 0.3 is 0 Å². The third-order valence-corrected chi connectivity index (χ3v) is 3.09. The fraction of sp³-hybridized carbons (Fsp3) is 0.429. The van der Waals surface area contributed by atoms with Gasteiger partial charge in [-0.2, -0.15) is 5.26 Å². The largest absolute Gasteiger partial charge is 0.373 e. The minimum absolute atomic E-state index is 0.0467. The number of carbonyl (C=O) groups excluding carboxylic acids is 1. The Hall–Kier alpha value is -2.02. The minimum Gasteiger partial charge on any atom is -0.373 e. The minimum atomic E-state index is -0.527. The van der Waals surface area contributed by atoms with Crippen molar-refractivity contribution in [1.82, 2.24) is 5.32 Å². The lowest BCUT2D eigenvalue weighted by Crippen LogP contribution is -2.42. The topological polar surface area (TPSA) is 64.9 Å². The number of anilines is 1. The Morgan fingerprint density at radius 1 is 1.56 bits per heavy atom. The summed E-state index contributed by atoms with van der Waals surface area (Å²) < 4.78 is 0. The molecule has 94 valence electrons. The SMILES string of the molecule is CC(C)(C#N)CNC(=O)C1Cc2ccccc2N1. The Morgan fingerprint density at radius 2 is 2.28 bits per heavy atom. The van der Waals surface area contributed by atoms with Gasteiger partial charge in [0.15, 0.2) is 0 Å². The molecule has 2 rings (SSSR count). The highest BCUT2D eigenvalue weighted by Gasteiger charge is 2.27. The molecule has 18 heavy (non-hydrogen) atoms. The smallest absolute Gasteiger partial charge is 0.242 e. The number of nitriles is 1. The molecule has 1 amide bonds. The first-order chi connectivity index (χ1) is 8.52. The van der Waals surface area contributed by atoms with Gasteiger partial charge in [0.2, 0.25) is 5.91 Å². The summed E-state index contributed by atoms with van der Waals surface area (Å²) in [5, 5.41) is 14.9. The Labute approximate surface area is 107 Å². The Kier molecular flexibility index (Phi) is 3.24. The molecule has 1 aromatic carbocycles. The van der Waals surface area contributed by atoms with Crippen molar-refractivity contribution >= 4 is 11.6 Å². The lowest BCUT2D eigenvalue weighted by molar-refractivity contribution is -0.122. The summed E-state index contributed by atoms with van der Waals surface area (Å²) in [5.74, 6) is -0.0467. The number of nitrogens with zero attached hydrogens (tertiary/aromatic N) is 1. The van der Waals surface area contributed by atoms with Crippen molar-refractivity contribution in [3.8, 4) is 6.07 Å². The molecule has 1 heterocycles. The van der Waals surface area contributed by atoms with Crippen LogP contribution in [0.2, 0.25) is 0 Å². The van der Waals surface area contributed by atoms with Gasteiger partial charge in [-0.25, -0.2) is 0 Å². The highest BCUT2D eigenvalue weighted by atomic mass is 16.2. The van der Waals surface area contributed by atoms with Crippen molar-refractivity contribution < 1.29 is 4.79 Å². The number of amides is 1. The molecule has 1 aliphatic rings. The van der Waals surface area contributed by atoms with E-state index in [2.05, 4.69) is 16.7 Å². The molecule has 0 saturated carbocycles. The first-order valence-corrected chi connectivity index (χ1v) is 6.05. The average Bonchev–Trinajstić information content (AvgIpc) is 2.80. The quantitative estimate of drug-likeness (QED) is 0.849. The van der Waals surface area contributed by atoms with Crippen LogP contribution in [0.15, 0.2) is 24.3 Å². The third kappa shape index (κ3) is 2.62. The fourth-order valence-corrected chi connectivity index (χ4v) is 1.93. The molecule has 4 nitrogen and oxygen atoms in total. The summed E-state index contributed by atoms with van der Waals surface area (Å²) in [5.41, 5.74) is 1.66. The Morgan fingerprint density at radius 3 is 2.94 bits per heavy atom. The summed E-state index contributed by atoms with van der Waals surface area (Å²) in [6.45, 7) is 3.99. The standard InChI is InChI=1S/C14H17N3O/c1-14(2,8-15)9-16-13(18)12-7-10-5-3-4-6-11(10)17-12/h3-6,12,17H,7,9H2,1-2H3,(H,16,18). The van der Waals surface area contributed by atoms with E-state index in [1.165, 1.54) is 0 Å². The van der Waals surface area contributed by atoms with Crippen molar-refractivity contribution in [2.75, 3.05) is 11.9 Å². The van der Waals surface area contributed by atoms with Crippen LogP contribution in [0.4, 0.5) is 5.69 Å². The Balaban J connectivity index is 1.92. The average molecular weight is 243 g/mol. The lowest BCUT2D eigenvalue weighted by atomic mass is 9.96. The van der Waals surface area contributed by atoms with Crippen LogP contribution >= 0.6 is 0 Å². The number of benzene rings is 1. The van der Waals surface area contributed by atoms with Gasteiger partial charge in [0.1, 0.15) is 6.04 Å². The summed E-state index contributed by atoms with van der Waals surface area (Å²) in [7, 11) is 0. The maximum Gasteiger partial charge on any atom is 0.242 e. The number of para-hydroxylation sites is 1. The lowest BCUT2D eigenvalue weighted by Gasteiger charge is -2.18. The van der Waals surface area contributed by atoms with E-state index in [9.17, 15) is 4.79 Å². The number of rotatable bonds is 3. The first kappa shape index (κ1) is 12.4. The molecule has 0 aromatic heterocycles. The number of fused-ring (bicyclic) bond motifs is 1. The predicted octanol–water partition coefficient (Wildman–Crippen LogP) is 1.69. The van der Waals surface area contributed by atoms with Gasteiger partial charge in [0.05, 0.1) is 11.5 Å². The molecule has 0 spiro atoms. The van der Waals surface area contributed by atoms with Crippen LogP contribution in [-0.4, -0.2) is 18.5 Å². The molecule has 1 unspecified atom stereocenters. The highest BCUT2D eigenvalue weighted by Crippen LogP contribution is 2.25. The van der Waals surface area contributed by atoms with Crippen LogP contribution < -0.4 is 10.6 Å². The second-order valence-corrected chi connectivity index (χ2v) is 5.27. The molecule has 0 aliphatic carbocycles. The molecule has 1 aromatic rings. The molecule has 4 heteroatoms. The Bertz CT molecular complexity index is 477. The van der Waals surface area contributed by atoms with Gasteiger partial charge in [0.25, 0.3) is 0 Å².